The van der Waals surface area contributed by atoms with E-state index in [2.05, 4.69) is 4.98 Å². The molecule has 1 N–H and O–H groups in total. The van der Waals surface area contributed by atoms with Crippen molar-refractivity contribution in [2.45, 2.75) is 13.5 Å². The molecule has 0 unspecified atom stereocenters. The van der Waals surface area contributed by atoms with Crippen molar-refractivity contribution in [3.05, 3.63) is 59.4 Å². The molecule has 0 amide bonds. The number of ether oxygens (including phenoxy) is 1. The van der Waals surface area contributed by atoms with Crippen LogP contribution in [0.3, 0.4) is 0 Å². The smallest absolute Gasteiger partial charge is 0.339 e. The Balaban J connectivity index is 1.90. The molecule has 0 radical (unpaired) electrons. The molecule has 0 atom stereocenters. The van der Waals surface area contributed by atoms with Crippen LogP contribution in [0.15, 0.2) is 40.9 Å². The monoisotopic (exact) mass is 301 g/mol. The molecule has 6 heteroatoms. The van der Waals surface area contributed by atoms with Crippen molar-refractivity contribution in [1.29, 1.82) is 0 Å². The average molecular weight is 301 g/mol. The number of rotatable bonds is 4. The number of aromatic nitrogens is 1. The lowest BCUT2D eigenvalue weighted by Gasteiger charge is -2.06. The van der Waals surface area contributed by atoms with E-state index in [-0.39, 0.29) is 17.9 Å². The third-order valence-corrected chi connectivity index (χ3v) is 3.26. The molecule has 0 aliphatic carbocycles. The fraction of sp³-hybridized carbons (Fsp3) is 0.125. The lowest BCUT2D eigenvalue weighted by molar-refractivity contribution is 0.0697. The maximum absolute atomic E-state index is 13.5. The average Bonchev–Trinajstić information content (AvgIpc) is 2.81. The van der Waals surface area contributed by atoms with Gasteiger partial charge in [-0.1, -0.05) is 0 Å². The Morgan fingerprint density at radius 1 is 1.41 bits per heavy atom. The van der Waals surface area contributed by atoms with Crippen molar-refractivity contribution in [2.75, 3.05) is 0 Å². The topological polar surface area (TPSA) is 72.6 Å². The molecule has 22 heavy (non-hydrogen) atoms. The third-order valence-electron chi connectivity index (χ3n) is 3.26. The van der Waals surface area contributed by atoms with Crippen LogP contribution in [0.1, 0.15) is 21.8 Å². The molecule has 112 valence electrons. The second-order valence-corrected chi connectivity index (χ2v) is 4.72. The number of aromatic carboxylic acids is 1. The number of benzene rings is 1. The molecule has 2 heterocycles. The molecular weight excluding hydrogens is 289 g/mol. The number of furan rings is 1. The summed E-state index contributed by atoms with van der Waals surface area (Å²) in [6.45, 7) is 1.55. The van der Waals surface area contributed by atoms with E-state index >= 15 is 0 Å². The summed E-state index contributed by atoms with van der Waals surface area (Å²) >= 11 is 0. The van der Waals surface area contributed by atoms with Crippen LogP contribution in [0.25, 0.3) is 11.0 Å². The first-order chi connectivity index (χ1) is 10.6. The van der Waals surface area contributed by atoms with Gasteiger partial charge in [-0.3, -0.25) is 4.98 Å². The van der Waals surface area contributed by atoms with Crippen molar-refractivity contribution in [3.63, 3.8) is 0 Å². The first-order valence-electron chi connectivity index (χ1n) is 6.55. The maximum Gasteiger partial charge on any atom is 0.339 e. The van der Waals surface area contributed by atoms with Gasteiger partial charge in [0.05, 0.1) is 0 Å². The minimum Gasteiger partial charge on any atom is -0.487 e. The second kappa shape index (κ2) is 5.48. The van der Waals surface area contributed by atoms with E-state index in [0.717, 1.165) is 0 Å². The van der Waals surface area contributed by atoms with E-state index in [1.54, 1.807) is 25.1 Å². The summed E-state index contributed by atoms with van der Waals surface area (Å²) in [7, 11) is 0. The van der Waals surface area contributed by atoms with Gasteiger partial charge in [0.1, 0.15) is 40.8 Å². The number of aryl methyl sites for hydroxylation is 1. The zero-order valence-electron chi connectivity index (χ0n) is 11.7. The van der Waals surface area contributed by atoms with E-state index in [9.17, 15) is 14.3 Å². The molecule has 0 saturated heterocycles. The number of nitrogens with zero attached hydrogens (tertiary/aromatic N) is 1. The van der Waals surface area contributed by atoms with Crippen molar-refractivity contribution >= 4 is 16.9 Å². The highest BCUT2D eigenvalue weighted by Gasteiger charge is 2.18. The normalized spacial score (nSPS) is 10.8. The zero-order valence-corrected chi connectivity index (χ0v) is 11.7. The lowest BCUT2D eigenvalue weighted by Crippen LogP contribution is -2.01. The maximum atomic E-state index is 13.5. The number of fused-ring (bicyclic) bond motifs is 1. The van der Waals surface area contributed by atoms with Crippen LogP contribution in [-0.2, 0) is 6.61 Å². The summed E-state index contributed by atoms with van der Waals surface area (Å²) in [6.07, 6.45) is 1.48. The zero-order chi connectivity index (χ0) is 15.7. The Morgan fingerprint density at radius 3 is 2.95 bits per heavy atom. The van der Waals surface area contributed by atoms with Gasteiger partial charge in [-0.15, -0.1) is 0 Å². The summed E-state index contributed by atoms with van der Waals surface area (Å²) in [5.74, 6) is -0.769. The van der Waals surface area contributed by atoms with Gasteiger partial charge in [0.25, 0.3) is 0 Å². The number of pyridine rings is 1. The molecule has 0 fully saturated rings. The quantitative estimate of drug-likeness (QED) is 0.797. The number of halogens is 1. The van der Waals surface area contributed by atoms with Gasteiger partial charge < -0.3 is 14.3 Å². The molecule has 5 nitrogen and oxygen atoms in total. The van der Waals surface area contributed by atoms with Crippen LogP contribution >= 0.6 is 0 Å². The molecule has 3 aromatic rings. The largest absolute Gasteiger partial charge is 0.487 e. The predicted molar refractivity (Wildman–Crippen MR) is 76.4 cm³/mol. The summed E-state index contributed by atoms with van der Waals surface area (Å²) in [4.78, 5) is 15.2. The predicted octanol–water partition coefficient (Wildman–Crippen LogP) is 3.55. The Labute approximate surface area is 125 Å². The van der Waals surface area contributed by atoms with Gasteiger partial charge in [-0.25, -0.2) is 9.18 Å². The Morgan fingerprint density at radius 2 is 2.23 bits per heavy atom. The third kappa shape index (κ3) is 2.50. The standard InChI is InChI=1S/C16H12FNO4/c1-9-15(16(19)20)11-7-10(4-5-14(11)22-9)21-8-13-12(17)3-2-6-18-13/h2-7H,8H2,1H3,(H,19,20). The Bertz CT molecular complexity index is 856. The SMILES string of the molecule is Cc1oc2ccc(OCc3ncccc3F)cc2c1C(=O)O. The van der Waals surface area contributed by atoms with Crippen LogP contribution in [-0.4, -0.2) is 16.1 Å². The lowest BCUT2D eigenvalue weighted by atomic mass is 10.1. The van der Waals surface area contributed by atoms with Crippen molar-refractivity contribution in [1.82, 2.24) is 4.98 Å². The molecule has 0 spiro atoms. The van der Waals surface area contributed by atoms with Crippen LogP contribution in [0.5, 0.6) is 5.75 Å². The van der Waals surface area contributed by atoms with Crippen LogP contribution in [0.4, 0.5) is 4.39 Å². The van der Waals surface area contributed by atoms with Gasteiger partial charge in [-0.2, -0.15) is 0 Å². The van der Waals surface area contributed by atoms with Crippen molar-refractivity contribution in [3.8, 4) is 5.75 Å². The highest BCUT2D eigenvalue weighted by molar-refractivity contribution is 6.03. The first kappa shape index (κ1) is 14.1. The molecule has 0 saturated carbocycles. The molecule has 0 bridgehead atoms. The molecule has 0 aliphatic rings. The fourth-order valence-corrected chi connectivity index (χ4v) is 2.23. The van der Waals surface area contributed by atoms with Gasteiger partial charge in [-0.05, 0) is 37.3 Å². The number of carboxylic acids is 1. The minimum atomic E-state index is -1.07. The number of hydrogen-bond acceptors (Lipinski definition) is 4. The number of hydrogen-bond donors (Lipinski definition) is 1. The number of carboxylic acid groups (broad SMARTS) is 1. The van der Waals surface area contributed by atoms with E-state index in [0.29, 0.717) is 22.5 Å². The molecule has 2 aromatic heterocycles. The van der Waals surface area contributed by atoms with E-state index in [1.165, 1.54) is 18.3 Å². The van der Waals surface area contributed by atoms with Crippen molar-refractivity contribution < 1.29 is 23.4 Å². The first-order valence-corrected chi connectivity index (χ1v) is 6.55. The summed E-state index contributed by atoms with van der Waals surface area (Å²) < 4.78 is 24.4. The highest BCUT2D eigenvalue weighted by Crippen LogP contribution is 2.29. The summed E-state index contributed by atoms with van der Waals surface area (Å²) in [5.41, 5.74) is 0.750. The Kier molecular flexibility index (Phi) is 3.50. The van der Waals surface area contributed by atoms with Crippen LogP contribution < -0.4 is 4.74 Å². The van der Waals surface area contributed by atoms with Gasteiger partial charge in [0.15, 0.2) is 0 Å². The summed E-state index contributed by atoms with van der Waals surface area (Å²) in [5, 5.41) is 9.68. The molecule has 1 aromatic carbocycles. The molecular formula is C16H12FNO4. The van der Waals surface area contributed by atoms with E-state index in [1.807, 2.05) is 0 Å². The molecule has 3 rings (SSSR count). The van der Waals surface area contributed by atoms with E-state index in [4.69, 9.17) is 9.15 Å². The van der Waals surface area contributed by atoms with Gasteiger partial charge in [0.2, 0.25) is 0 Å². The van der Waals surface area contributed by atoms with Gasteiger partial charge >= 0.3 is 5.97 Å². The molecule has 0 aliphatic heterocycles. The second-order valence-electron chi connectivity index (χ2n) is 4.72. The van der Waals surface area contributed by atoms with Crippen LogP contribution in [0, 0.1) is 12.7 Å². The fourth-order valence-electron chi connectivity index (χ4n) is 2.23. The minimum absolute atomic E-state index is 0.0442. The van der Waals surface area contributed by atoms with Crippen LogP contribution in [0.2, 0.25) is 0 Å². The van der Waals surface area contributed by atoms with E-state index < -0.39 is 11.8 Å². The number of carbonyl (C=O) groups is 1. The van der Waals surface area contributed by atoms with Gasteiger partial charge in [0, 0.05) is 11.6 Å². The highest BCUT2D eigenvalue weighted by atomic mass is 19.1. The summed E-state index contributed by atoms with van der Waals surface area (Å²) in [6, 6.07) is 7.63. The Hall–Kier alpha value is -2.89. The van der Waals surface area contributed by atoms with Crippen molar-refractivity contribution in [2.24, 2.45) is 0 Å².